The summed E-state index contributed by atoms with van der Waals surface area (Å²) in [5, 5.41) is 19.1. The highest BCUT2D eigenvalue weighted by atomic mass is 16.4. The van der Waals surface area contributed by atoms with Crippen molar-refractivity contribution in [3.8, 4) is 6.07 Å². The summed E-state index contributed by atoms with van der Waals surface area (Å²) in [6.45, 7) is 2.13. The van der Waals surface area contributed by atoms with Gasteiger partial charge in [0, 0.05) is 0 Å². The van der Waals surface area contributed by atoms with Crippen molar-refractivity contribution in [1.29, 1.82) is 5.26 Å². The van der Waals surface area contributed by atoms with Gasteiger partial charge in [-0.25, -0.2) is 4.79 Å². The van der Waals surface area contributed by atoms with E-state index in [1.807, 2.05) is 30.3 Å². The van der Waals surface area contributed by atoms with Crippen LogP contribution in [0.5, 0.6) is 0 Å². The number of carboxylic acid groups (broad SMARTS) is 1. The number of unbranched alkanes of at least 4 members (excludes halogenated alkanes) is 2. The van der Waals surface area contributed by atoms with Crippen molar-refractivity contribution in [3.05, 3.63) is 53.6 Å². The predicted molar refractivity (Wildman–Crippen MR) is 86.9 cm³/mol. The molecular formula is C19H21NO2. The molecule has 0 fully saturated rings. The summed E-state index contributed by atoms with van der Waals surface area (Å²) in [5.41, 5.74) is 1.36. The lowest BCUT2D eigenvalue weighted by Crippen LogP contribution is -2.21. The summed E-state index contributed by atoms with van der Waals surface area (Å²) in [6, 6.07) is 11.9. The Morgan fingerprint density at radius 3 is 2.64 bits per heavy atom. The monoisotopic (exact) mass is 295 g/mol. The Balaban J connectivity index is 2.36. The topological polar surface area (TPSA) is 61.1 Å². The van der Waals surface area contributed by atoms with E-state index >= 15 is 0 Å². The number of carbonyl (C=O) groups is 1. The molecule has 1 aromatic rings. The molecule has 1 aliphatic rings. The molecule has 114 valence electrons. The van der Waals surface area contributed by atoms with Gasteiger partial charge >= 0.3 is 5.97 Å². The van der Waals surface area contributed by atoms with Gasteiger partial charge < -0.3 is 5.11 Å². The van der Waals surface area contributed by atoms with Crippen LogP contribution in [0.2, 0.25) is 0 Å². The number of hydrogen-bond donors (Lipinski definition) is 1. The Kier molecular flexibility index (Phi) is 5.16. The van der Waals surface area contributed by atoms with Gasteiger partial charge in [-0.1, -0.05) is 62.6 Å². The molecule has 3 nitrogen and oxygen atoms in total. The summed E-state index contributed by atoms with van der Waals surface area (Å²) in [6.07, 6.45) is 7.83. The van der Waals surface area contributed by atoms with E-state index in [-0.39, 0.29) is 0 Å². The SMILES string of the molecule is CCCCCC1(C#N)C=CC(C(=O)O)=C(c2ccccc2)C1. The molecule has 0 spiro atoms. The fourth-order valence-electron chi connectivity index (χ4n) is 2.91. The summed E-state index contributed by atoms with van der Waals surface area (Å²) in [4.78, 5) is 11.5. The molecule has 3 heteroatoms. The maximum absolute atomic E-state index is 11.5. The zero-order valence-electron chi connectivity index (χ0n) is 12.9. The first kappa shape index (κ1) is 16.0. The van der Waals surface area contributed by atoms with Crippen LogP contribution in [0.4, 0.5) is 0 Å². The minimum atomic E-state index is -0.935. The molecule has 0 amide bonds. The third-order valence-corrected chi connectivity index (χ3v) is 4.19. The molecule has 1 aromatic carbocycles. The van der Waals surface area contributed by atoms with Crippen LogP contribution in [0.1, 0.15) is 44.6 Å². The number of carboxylic acids is 1. The fraction of sp³-hybridized carbons (Fsp3) is 0.368. The van der Waals surface area contributed by atoms with Gasteiger partial charge in [0.1, 0.15) is 0 Å². The molecule has 1 atom stereocenters. The van der Waals surface area contributed by atoms with Crippen LogP contribution in [0.3, 0.4) is 0 Å². The highest BCUT2D eigenvalue weighted by molar-refractivity contribution is 6.00. The zero-order chi connectivity index (χ0) is 16.0. The van der Waals surface area contributed by atoms with Crippen molar-refractivity contribution < 1.29 is 9.90 Å². The average molecular weight is 295 g/mol. The van der Waals surface area contributed by atoms with Crippen LogP contribution >= 0.6 is 0 Å². The number of nitrogens with zero attached hydrogens (tertiary/aromatic N) is 1. The molecule has 2 rings (SSSR count). The number of aliphatic carboxylic acids is 1. The van der Waals surface area contributed by atoms with E-state index in [1.165, 1.54) is 0 Å². The molecule has 1 unspecified atom stereocenters. The third-order valence-electron chi connectivity index (χ3n) is 4.19. The molecular weight excluding hydrogens is 274 g/mol. The second-order valence-electron chi connectivity index (χ2n) is 5.80. The molecule has 0 radical (unpaired) electrons. The molecule has 0 aromatic heterocycles. The van der Waals surface area contributed by atoms with E-state index in [4.69, 9.17) is 0 Å². The maximum atomic E-state index is 11.5. The summed E-state index contributed by atoms with van der Waals surface area (Å²) >= 11 is 0. The quantitative estimate of drug-likeness (QED) is 0.782. The van der Waals surface area contributed by atoms with Crippen LogP contribution in [0.15, 0.2) is 48.1 Å². The predicted octanol–water partition coefficient (Wildman–Crippen LogP) is 4.57. The first-order valence-electron chi connectivity index (χ1n) is 7.74. The third kappa shape index (κ3) is 3.46. The maximum Gasteiger partial charge on any atom is 0.335 e. The molecule has 22 heavy (non-hydrogen) atoms. The largest absolute Gasteiger partial charge is 0.478 e. The van der Waals surface area contributed by atoms with E-state index in [9.17, 15) is 15.2 Å². The van der Waals surface area contributed by atoms with Crippen LogP contribution in [-0.4, -0.2) is 11.1 Å². The lowest BCUT2D eigenvalue weighted by molar-refractivity contribution is -0.132. The van der Waals surface area contributed by atoms with Gasteiger partial charge in [-0.2, -0.15) is 5.26 Å². The first-order valence-corrected chi connectivity index (χ1v) is 7.74. The molecule has 0 saturated carbocycles. The van der Waals surface area contributed by atoms with Crippen molar-refractivity contribution in [2.24, 2.45) is 5.41 Å². The number of rotatable bonds is 6. The van der Waals surface area contributed by atoms with Gasteiger partial charge in [0.15, 0.2) is 0 Å². The lowest BCUT2D eigenvalue weighted by Gasteiger charge is -2.29. The van der Waals surface area contributed by atoms with Crippen LogP contribution in [0, 0.1) is 16.7 Å². The van der Waals surface area contributed by atoms with Crippen molar-refractivity contribution >= 4 is 11.5 Å². The Labute approximate surface area is 131 Å². The molecule has 0 saturated heterocycles. The Morgan fingerprint density at radius 2 is 2.05 bits per heavy atom. The Hall–Kier alpha value is -2.34. The molecule has 0 bridgehead atoms. The fourth-order valence-corrected chi connectivity index (χ4v) is 2.91. The normalized spacial score (nSPS) is 20.7. The number of nitriles is 1. The first-order chi connectivity index (χ1) is 10.6. The van der Waals surface area contributed by atoms with Gasteiger partial charge in [0.05, 0.1) is 17.1 Å². The number of allylic oxidation sites excluding steroid dienone is 2. The van der Waals surface area contributed by atoms with Crippen molar-refractivity contribution in [1.82, 2.24) is 0 Å². The molecule has 1 aliphatic carbocycles. The Bertz CT molecular complexity index is 637. The minimum Gasteiger partial charge on any atom is -0.478 e. The van der Waals surface area contributed by atoms with Gasteiger partial charge in [0.25, 0.3) is 0 Å². The van der Waals surface area contributed by atoms with E-state index in [2.05, 4.69) is 13.0 Å². The van der Waals surface area contributed by atoms with Crippen LogP contribution in [-0.2, 0) is 4.79 Å². The highest BCUT2D eigenvalue weighted by Crippen LogP contribution is 2.42. The second-order valence-corrected chi connectivity index (χ2v) is 5.80. The summed E-state index contributed by atoms with van der Waals surface area (Å²) < 4.78 is 0. The number of benzene rings is 1. The minimum absolute atomic E-state index is 0.299. The lowest BCUT2D eigenvalue weighted by atomic mass is 9.72. The van der Waals surface area contributed by atoms with Crippen molar-refractivity contribution in [2.75, 3.05) is 0 Å². The van der Waals surface area contributed by atoms with E-state index in [0.717, 1.165) is 36.8 Å². The van der Waals surface area contributed by atoms with E-state index in [1.54, 1.807) is 12.2 Å². The van der Waals surface area contributed by atoms with Crippen molar-refractivity contribution in [3.63, 3.8) is 0 Å². The van der Waals surface area contributed by atoms with Gasteiger partial charge in [0.2, 0.25) is 0 Å². The standard InChI is InChI=1S/C19H21NO2/c1-2-3-7-11-19(14-20)12-10-16(18(21)22)17(13-19)15-8-5-4-6-9-15/h4-6,8-10,12H,2-3,7,11,13H2,1H3,(H,21,22). The van der Waals surface area contributed by atoms with E-state index < -0.39 is 11.4 Å². The van der Waals surface area contributed by atoms with Crippen LogP contribution in [0.25, 0.3) is 5.57 Å². The summed E-state index contributed by atoms with van der Waals surface area (Å²) in [7, 11) is 0. The van der Waals surface area contributed by atoms with Gasteiger partial charge in [-0.3, -0.25) is 0 Å². The van der Waals surface area contributed by atoms with Gasteiger partial charge in [-0.05, 0) is 30.1 Å². The van der Waals surface area contributed by atoms with Crippen molar-refractivity contribution in [2.45, 2.75) is 39.0 Å². The Morgan fingerprint density at radius 1 is 1.32 bits per heavy atom. The second kappa shape index (κ2) is 7.09. The van der Waals surface area contributed by atoms with Crippen LogP contribution < -0.4 is 0 Å². The average Bonchev–Trinajstić information content (AvgIpc) is 2.55. The molecule has 1 N–H and O–H groups in total. The smallest absolute Gasteiger partial charge is 0.335 e. The zero-order valence-corrected chi connectivity index (χ0v) is 12.9. The number of hydrogen-bond acceptors (Lipinski definition) is 2. The molecule has 0 heterocycles. The summed E-state index contributed by atoms with van der Waals surface area (Å²) in [5.74, 6) is -0.935. The molecule has 0 aliphatic heterocycles. The van der Waals surface area contributed by atoms with Gasteiger partial charge in [-0.15, -0.1) is 0 Å². The highest BCUT2D eigenvalue weighted by Gasteiger charge is 2.33. The van der Waals surface area contributed by atoms with E-state index in [0.29, 0.717) is 12.0 Å².